The zero-order chi connectivity index (χ0) is 16.9. The van der Waals surface area contributed by atoms with E-state index in [0.717, 1.165) is 30.6 Å². The highest BCUT2D eigenvalue weighted by Gasteiger charge is 2.29. The Morgan fingerprint density at radius 3 is 3.12 bits per heavy atom. The Labute approximate surface area is 142 Å². The van der Waals surface area contributed by atoms with E-state index in [9.17, 15) is 14.9 Å². The molecule has 2 aromatic heterocycles. The van der Waals surface area contributed by atoms with Crippen LogP contribution >= 0.6 is 11.3 Å². The average Bonchev–Trinajstić information content (AvgIpc) is 3.24. The zero-order valence-corrected chi connectivity index (χ0v) is 13.5. The fourth-order valence-corrected chi connectivity index (χ4v) is 3.59. The third-order valence-corrected chi connectivity index (χ3v) is 4.83. The fourth-order valence-electron chi connectivity index (χ4n) is 2.82. The van der Waals surface area contributed by atoms with Crippen molar-refractivity contribution in [2.24, 2.45) is 5.92 Å². The first-order valence-electron chi connectivity index (χ1n) is 7.56. The zero-order valence-electron chi connectivity index (χ0n) is 12.7. The van der Waals surface area contributed by atoms with E-state index >= 15 is 0 Å². The number of nitrogens with zero attached hydrogens (tertiary/aromatic N) is 2. The van der Waals surface area contributed by atoms with Crippen LogP contribution in [0.1, 0.15) is 30.6 Å². The summed E-state index contributed by atoms with van der Waals surface area (Å²) < 4.78 is 10.2. The molecule has 0 saturated heterocycles. The van der Waals surface area contributed by atoms with Crippen LogP contribution in [0.5, 0.6) is 0 Å². The molecule has 2 aromatic rings. The lowest BCUT2D eigenvalue weighted by atomic mass is 9.86. The van der Waals surface area contributed by atoms with Crippen LogP contribution in [0.4, 0.5) is 5.13 Å². The standard InChI is InChI=1S/C16H15N3O4S/c17-8-13-14(12-5-2-6-22-12)18-16(24-13)19-15(21)10-3-1-4-11(7-10)23-9-20/h2,5-6,9-11H,1,3-4,7H2,(H,18,19,21). The number of furan rings is 1. The molecule has 0 radical (unpaired) electrons. The second kappa shape index (κ2) is 7.27. The molecule has 24 heavy (non-hydrogen) atoms. The molecule has 0 aromatic carbocycles. The molecule has 2 atom stereocenters. The third-order valence-electron chi connectivity index (χ3n) is 3.96. The fraction of sp³-hybridized carbons (Fsp3) is 0.375. The quantitative estimate of drug-likeness (QED) is 0.835. The molecule has 2 unspecified atom stereocenters. The summed E-state index contributed by atoms with van der Waals surface area (Å²) in [4.78, 5) is 27.6. The van der Waals surface area contributed by atoms with Gasteiger partial charge >= 0.3 is 0 Å². The van der Waals surface area contributed by atoms with Gasteiger partial charge in [0.15, 0.2) is 10.9 Å². The molecule has 7 nitrogen and oxygen atoms in total. The van der Waals surface area contributed by atoms with Crippen molar-refractivity contribution in [3.8, 4) is 17.5 Å². The lowest BCUT2D eigenvalue weighted by Gasteiger charge is -2.26. The van der Waals surface area contributed by atoms with E-state index in [0.29, 0.717) is 34.4 Å². The number of anilines is 1. The van der Waals surface area contributed by atoms with Gasteiger partial charge in [-0.05, 0) is 37.8 Å². The van der Waals surface area contributed by atoms with Gasteiger partial charge in [0.25, 0.3) is 6.47 Å². The first-order valence-corrected chi connectivity index (χ1v) is 8.37. The number of carbonyl (C=O) groups is 2. The molecule has 1 amide bonds. The lowest BCUT2D eigenvalue weighted by molar-refractivity contribution is -0.137. The summed E-state index contributed by atoms with van der Waals surface area (Å²) in [5.41, 5.74) is 0.425. The van der Waals surface area contributed by atoms with E-state index < -0.39 is 0 Å². The minimum Gasteiger partial charge on any atom is -0.465 e. The Morgan fingerprint density at radius 2 is 2.42 bits per heavy atom. The van der Waals surface area contributed by atoms with Crippen molar-refractivity contribution in [2.45, 2.75) is 31.8 Å². The SMILES string of the molecule is N#Cc1sc(NC(=O)C2CCCC(OC=O)C2)nc1-c1ccco1. The van der Waals surface area contributed by atoms with Gasteiger partial charge in [0.1, 0.15) is 22.7 Å². The minimum atomic E-state index is -0.231. The van der Waals surface area contributed by atoms with Crippen molar-refractivity contribution in [3.63, 3.8) is 0 Å². The summed E-state index contributed by atoms with van der Waals surface area (Å²) in [5.74, 6) is 0.0871. The van der Waals surface area contributed by atoms with Crippen LogP contribution in [0.2, 0.25) is 0 Å². The van der Waals surface area contributed by atoms with E-state index in [1.165, 1.54) is 6.26 Å². The van der Waals surface area contributed by atoms with Gasteiger partial charge in [-0.25, -0.2) is 4.98 Å². The van der Waals surface area contributed by atoms with E-state index in [2.05, 4.69) is 16.4 Å². The van der Waals surface area contributed by atoms with Crippen molar-refractivity contribution in [2.75, 3.05) is 5.32 Å². The molecule has 1 aliphatic rings. The molecule has 8 heteroatoms. The van der Waals surface area contributed by atoms with E-state index in [4.69, 9.17) is 9.15 Å². The number of nitrogens with one attached hydrogen (secondary N) is 1. The molecular weight excluding hydrogens is 330 g/mol. The molecule has 1 N–H and O–H groups in total. The Morgan fingerprint density at radius 1 is 1.54 bits per heavy atom. The minimum absolute atomic E-state index is 0.168. The van der Waals surface area contributed by atoms with E-state index in [1.807, 2.05) is 0 Å². The van der Waals surface area contributed by atoms with Crippen LogP contribution in [0.25, 0.3) is 11.5 Å². The van der Waals surface area contributed by atoms with Crippen molar-refractivity contribution >= 4 is 28.8 Å². The second-order valence-corrected chi connectivity index (χ2v) is 6.49. The van der Waals surface area contributed by atoms with Crippen LogP contribution < -0.4 is 5.32 Å². The van der Waals surface area contributed by atoms with Gasteiger partial charge in [0.2, 0.25) is 5.91 Å². The normalized spacial score (nSPS) is 20.1. The van der Waals surface area contributed by atoms with Gasteiger partial charge in [-0.3, -0.25) is 9.59 Å². The van der Waals surface area contributed by atoms with E-state index in [1.54, 1.807) is 12.1 Å². The number of rotatable bonds is 5. The third kappa shape index (κ3) is 3.46. The Kier molecular flexibility index (Phi) is 4.91. The summed E-state index contributed by atoms with van der Waals surface area (Å²) in [6.45, 7) is 0.431. The summed E-state index contributed by atoms with van der Waals surface area (Å²) in [5, 5.41) is 12.3. The average molecular weight is 345 g/mol. The van der Waals surface area contributed by atoms with Crippen LogP contribution in [-0.2, 0) is 14.3 Å². The molecule has 1 saturated carbocycles. The highest BCUT2D eigenvalue weighted by atomic mass is 32.1. The number of aromatic nitrogens is 1. The number of nitriles is 1. The molecule has 1 fully saturated rings. The van der Waals surface area contributed by atoms with Gasteiger partial charge in [-0.15, -0.1) is 0 Å². The maximum Gasteiger partial charge on any atom is 0.293 e. The van der Waals surface area contributed by atoms with E-state index in [-0.39, 0.29) is 17.9 Å². The number of hydrogen-bond acceptors (Lipinski definition) is 7. The molecule has 3 rings (SSSR count). The predicted molar refractivity (Wildman–Crippen MR) is 86.1 cm³/mol. The van der Waals surface area contributed by atoms with Crippen molar-refractivity contribution < 1.29 is 18.7 Å². The topological polar surface area (TPSA) is 105 Å². The molecule has 0 aliphatic heterocycles. The molecule has 1 aliphatic carbocycles. The van der Waals surface area contributed by atoms with Crippen molar-refractivity contribution in [1.29, 1.82) is 5.26 Å². The lowest BCUT2D eigenvalue weighted by Crippen LogP contribution is -2.31. The van der Waals surface area contributed by atoms with Crippen molar-refractivity contribution in [3.05, 3.63) is 23.3 Å². The maximum atomic E-state index is 12.4. The first kappa shape index (κ1) is 16.2. The van der Waals surface area contributed by atoms with Crippen LogP contribution in [0, 0.1) is 17.2 Å². The first-order chi connectivity index (χ1) is 11.7. The van der Waals surface area contributed by atoms with Crippen molar-refractivity contribution in [1.82, 2.24) is 4.98 Å². The van der Waals surface area contributed by atoms with Gasteiger partial charge in [0.05, 0.1) is 6.26 Å². The summed E-state index contributed by atoms with van der Waals surface area (Å²) >= 11 is 1.11. The Bertz CT molecular complexity index is 763. The highest BCUT2D eigenvalue weighted by molar-refractivity contribution is 7.16. The monoisotopic (exact) mass is 345 g/mol. The smallest absolute Gasteiger partial charge is 0.293 e. The number of amides is 1. The maximum absolute atomic E-state index is 12.4. The Hall–Kier alpha value is -2.66. The Balaban J connectivity index is 1.71. The van der Waals surface area contributed by atoms with Gasteiger partial charge in [0, 0.05) is 5.92 Å². The van der Waals surface area contributed by atoms with Crippen LogP contribution in [-0.4, -0.2) is 23.5 Å². The van der Waals surface area contributed by atoms with Crippen LogP contribution in [0.3, 0.4) is 0 Å². The molecular formula is C16H15N3O4S. The number of thiazole rings is 1. The molecule has 2 heterocycles. The summed E-state index contributed by atoms with van der Waals surface area (Å²) in [6.07, 6.45) is 4.15. The van der Waals surface area contributed by atoms with Crippen LogP contribution in [0.15, 0.2) is 22.8 Å². The number of ether oxygens (including phenoxy) is 1. The predicted octanol–water partition coefficient (Wildman–Crippen LogP) is 2.95. The largest absolute Gasteiger partial charge is 0.465 e. The highest BCUT2D eigenvalue weighted by Crippen LogP contribution is 2.32. The number of hydrogen-bond donors (Lipinski definition) is 1. The molecule has 124 valence electrons. The summed E-state index contributed by atoms with van der Waals surface area (Å²) in [7, 11) is 0. The van der Waals surface area contributed by atoms with Gasteiger partial charge in [-0.2, -0.15) is 5.26 Å². The molecule has 0 spiro atoms. The number of carbonyl (C=O) groups excluding carboxylic acids is 2. The van der Waals surface area contributed by atoms with Gasteiger partial charge in [-0.1, -0.05) is 11.3 Å². The van der Waals surface area contributed by atoms with Gasteiger partial charge < -0.3 is 14.5 Å². The summed E-state index contributed by atoms with van der Waals surface area (Å²) in [6, 6.07) is 5.49. The second-order valence-electron chi connectivity index (χ2n) is 5.49. The molecule has 0 bridgehead atoms.